The quantitative estimate of drug-likeness (QED) is 0.629. The molecule has 2 N–H and O–H groups in total. The van der Waals surface area contributed by atoms with Crippen molar-refractivity contribution in [2.75, 3.05) is 31.1 Å². The minimum absolute atomic E-state index is 0.243. The van der Waals surface area contributed by atoms with E-state index in [0.717, 1.165) is 5.69 Å². The van der Waals surface area contributed by atoms with Gasteiger partial charge >= 0.3 is 0 Å². The number of hydrogen-bond acceptors (Lipinski definition) is 6. The van der Waals surface area contributed by atoms with Crippen molar-refractivity contribution in [2.24, 2.45) is 5.92 Å². The summed E-state index contributed by atoms with van der Waals surface area (Å²) in [6.07, 6.45) is 1.54. The Morgan fingerprint density at radius 3 is 2.58 bits per heavy atom. The van der Waals surface area contributed by atoms with E-state index in [2.05, 4.69) is 15.5 Å². The Labute approximate surface area is 197 Å². The molecule has 0 saturated carbocycles. The predicted octanol–water partition coefficient (Wildman–Crippen LogP) is 2.35. The monoisotopic (exact) mass is 470 g/mol. The van der Waals surface area contributed by atoms with Crippen LogP contribution in [0.4, 0.5) is 5.69 Å². The van der Waals surface area contributed by atoms with Gasteiger partial charge in [0.05, 0.1) is 24.4 Å². The number of benzene rings is 1. The molecule has 4 rings (SSSR count). The summed E-state index contributed by atoms with van der Waals surface area (Å²) < 4.78 is 5.23. The first-order valence-electron chi connectivity index (χ1n) is 11.0. The third-order valence-electron chi connectivity index (χ3n) is 6.20. The predicted molar refractivity (Wildman–Crippen MR) is 125 cm³/mol. The van der Waals surface area contributed by atoms with Crippen LogP contribution in [-0.4, -0.2) is 54.7 Å². The van der Waals surface area contributed by atoms with Crippen molar-refractivity contribution < 1.29 is 18.8 Å². The number of furan rings is 1. The van der Waals surface area contributed by atoms with E-state index in [-0.39, 0.29) is 18.5 Å². The van der Waals surface area contributed by atoms with Crippen molar-refractivity contribution >= 4 is 34.9 Å². The average molecular weight is 471 g/mol. The first kappa shape index (κ1) is 22.9. The highest BCUT2D eigenvalue weighted by Crippen LogP contribution is 2.28. The van der Waals surface area contributed by atoms with Crippen LogP contribution in [0.1, 0.15) is 19.6 Å². The van der Waals surface area contributed by atoms with Crippen LogP contribution in [-0.2, 0) is 20.9 Å². The topological polar surface area (TPSA) is 94.9 Å². The fourth-order valence-electron chi connectivity index (χ4n) is 4.42. The fourth-order valence-corrected chi connectivity index (χ4v) is 4.61. The largest absolute Gasteiger partial charge is 0.467 e. The number of piperazine rings is 1. The van der Waals surface area contributed by atoms with Crippen LogP contribution in [0.2, 0.25) is 5.02 Å². The van der Waals surface area contributed by atoms with Gasteiger partial charge < -0.3 is 24.9 Å². The Bertz CT molecular complexity index is 1070. The Hall–Kier alpha value is -3.26. The van der Waals surface area contributed by atoms with Crippen LogP contribution in [0, 0.1) is 5.92 Å². The molecule has 1 aromatic heterocycles. The lowest BCUT2D eigenvalue weighted by Gasteiger charge is -2.36. The van der Waals surface area contributed by atoms with Crippen molar-refractivity contribution in [2.45, 2.75) is 26.4 Å². The molecule has 9 heteroatoms. The minimum atomic E-state index is -0.673. The fraction of sp³-hybridized carbons (Fsp3) is 0.375. The van der Waals surface area contributed by atoms with Crippen molar-refractivity contribution in [3.8, 4) is 0 Å². The molecule has 8 nitrogen and oxygen atoms in total. The maximum atomic E-state index is 13.1. The summed E-state index contributed by atoms with van der Waals surface area (Å²) in [4.78, 5) is 42.5. The second kappa shape index (κ2) is 9.70. The summed E-state index contributed by atoms with van der Waals surface area (Å²) in [6, 6.07) is 10.8. The maximum Gasteiger partial charge on any atom is 0.290 e. The Kier molecular flexibility index (Phi) is 6.74. The van der Waals surface area contributed by atoms with Gasteiger partial charge in [0, 0.05) is 42.9 Å². The molecule has 1 aromatic carbocycles. The number of carbonyl (C=O) groups is 3. The van der Waals surface area contributed by atoms with Gasteiger partial charge in [0.1, 0.15) is 5.76 Å². The number of ketones is 1. The van der Waals surface area contributed by atoms with E-state index in [4.69, 9.17) is 16.0 Å². The molecule has 174 valence electrons. The zero-order valence-corrected chi connectivity index (χ0v) is 19.4. The average Bonchev–Trinajstić information content (AvgIpc) is 3.44. The molecule has 2 amide bonds. The molecule has 2 atom stereocenters. The molecule has 0 aliphatic carbocycles. The van der Waals surface area contributed by atoms with Gasteiger partial charge in [-0.1, -0.05) is 17.7 Å². The highest BCUT2D eigenvalue weighted by Gasteiger charge is 2.41. The second-order valence-electron chi connectivity index (χ2n) is 8.35. The third kappa shape index (κ3) is 4.90. The van der Waals surface area contributed by atoms with E-state index in [9.17, 15) is 14.4 Å². The standard InChI is InChI=1S/C24H27ClN4O4/c1-15-20(16(2)27-21(15)23(31)26-14-19-7-4-12-33-19)22(30)24(32)29-10-8-28(9-11-29)18-6-3-5-17(25)13-18/h3-7,12-13,16,20,27H,8-11,14H2,1-2H3,(H,26,31). The molecule has 33 heavy (non-hydrogen) atoms. The zero-order chi connectivity index (χ0) is 23.5. The Morgan fingerprint density at radius 2 is 1.91 bits per heavy atom. The van der Waals surface area contributed by atoms with Crippen LogP contribution >= 0.6 is 11.6 Å². The molecular formula is C24H27ClN4O4. The Balaban J connectivity index is 1.37. The molecule has 1 fully saturated rings. The van der Waals surface area contributed by atoms with Crippen LogP contribution in [0.25, 0.3) is 0 Å². The molecule has 2 aromatic rings. The summed E-state index contributed by atoms with van der Waals surface area (Å²) in [5, 5.41) is 6.52. The number of hydrogen-bond donors (Lipinski definition) is 2. The summed E-state index contributed by atoms with van der Waals surface area (Å²) in [7, 11) is 0. The summed E-state index contributed by atoms with van der Waals surface area (Å²) in [6.45, 7) is 5.91. The highest BCUT2D eigenvalue weighted by atomic mass is 35.5. The van der Waals surface area contributed by atoms with Crippen LogP contribution in [0.3, 0.4) is 0 Å². The summed E-state index contributed by atoms with van der Waals surface area (Å²) in [5.41, 5.74) is 1.92. The first-order valence-corrected chi connectivity index (χ1v) is 11.3. The van der Waals surface area contributed by atoms with E-state index in [0.29, 0.717) is 48.2 Å². The smallest absolute Gasteiger partial charge is 0.290 e. The van der Waals surface area contributed by atoms with Gasteiger partial charge in [-0.2, -0.15) is 0 Å². The van der Waals surface area contributed by atoms with Gasteiger partial charge in [0.2, 0.25) is 5.78 Å². The van der Waals surface area contributed by atoms with Gasteiger partial charge in [-0.25, -0.2) is 0 Å². The number of carbonyl (C=O) groups excluding carboxylic acids is 3. The molecule has 3 heterocycles. The van der Waals surface area contributed by atoms with Crippen LogP contribution in [0.15, 0.2) is 58.3 Å². The number of halogens is 1. The summed E-state index contributed by atoms with van der Waals surface area (Å²) >= 11 is 6.09. The first-order chi connectivity index (χ1) is 15.8. The molecular weight excluding hydrogens is 444 g/mol. The number of Topliss-reactive ketones (excluding diaryl/α,β-unsaturated/α-hetero) is 1. The molecule has 0 spiro atoms. The van der Waals surface area contributed by atoms with Gasteiger partial charge in [-0.3, -0.25) is 14.4 Å². The molecule has 2 aliphatic heterocycles. The molecule has 0 bridgehead atoms. The number of rotatable bonds is 6. The highest BCUT2D eigenvalue weighted by molar-refractivity contribution is 6.38. The van der Waals surface area contributed by atoms with E-state index in [1.165, 1.54) is 6.26 Å². The maximum absolute atomic E-state index is 13.1. The second-order valence-corrected chi connectivity index (χ2v) is 8.79. The molecule has 2 unspecified atom stereocenters. The van der Waals surface area contributed by atoms with Crippen molar-refractivity contribution in [3.05, 3.63) is 64.7 Å². The molecule has 1 saturated heterocycles. The lowest BCUT2D eigenvalue weighted by atomic mass is 9.91. The summed E-state index contributed by atoms with van der Waals surface area (Å²) in [5.74, 6) is -1.36. The third-order valence-corrected chi connectivity index (χ3v) is 6.43. The lowest BCUT2D eigenvalue weighted by Crippen LogP contribution is -2.52. The van der Waals surface area contributed by atoms with E-state index >= 15 is 0 Å². The van der Waals surface area contributed by atoms with Crippen molar-refractivity contribution in [1.82, 2.24) is 15.5 Å². The normalized spacial score (nSPS) is 20.6. The number of nitrogens with one attached hydrogen (secondary N) is 2. The number of anilines is 1. The van der Waals surface area contributed by atoms with E-state index in [1.807, 2.05) is 31.2 Å². The number of amides is 2. The Morgan fingerprint density at radius 1 is 1.15 bits per heavy atom. The van der Waals surface area contributed by atoms with Gasteiger partial charge in [0.15, 0.2) is 0 Å². The lowest BCUT2D eigenvalue weighted by molar-refractivity contribution is -0.146. The van der Waals surface area contributed by atoms with Crippen molar-refractivity contribution in [1.29, 1.82) is 0 Å². The van der Waals surface area contributed by atoms with Gasteiger partial charge in [-0.15, -0.1) is 0 Å². The molecule has 2 aliphatic rings. The zero-order valence-electron chi connectivity index (χ0n) is 18.6. The van der Waals surface area contributed by atoms with Crippen LogP contribution in [0.5, 0.6) is 0 Å². The van der Waals surface area contributed by atoms with Crippen LogP contribution < -0.4 is 15.5 Å². The number of nitrogens with zero attached hydrogens (tertiary/aromatic N) is 2. The SMILES string of the molecule is CC1=C(C(=O)NCc2ccco2)NC(C)C1C(=O)C(=O)N1CCN(c2cccc(Cl)c2)CC1. The van der Waals surface area contributed by atoms with E-state index < -0.39 is 17.6 Å². The molecule has 0 radical (unpaired) electrons. The van der Waals surface area contributed by atoms with Crippen molar-refractivity contribution in [3.63, 3.8) is 0 Å². The minimum Gasteiger partial charge on any atom is -0.467 e. The van der Waals surface area contributed by atoms with E-state index in [1.54, 1.807) is 24.0 Å². The van der Waals surface area contributed by atoms with Gasteiger partial charge in [-0.05, 0) is 49.8 Å². The van der Waals surface area contributed by atoms with Gasteiger partial charge in [0.25, 0.3) is 11.8 Å².